The van der Waals surface area contributed by atoms with Crippen molar-refractivity contribution in [1.29, 1.82) is 0 Å². The standard InChI is InChI=1S/C14H13F3N4O2S/c15-14(16,17)23-11-3-1-2-9(6-11)19-12(22)7-24-13-20-18-8-21(13)10-4-5-10/h1-3,6,8,10H,4-5,7H2,(H,19,22). The van der Waals surface area contributed by atoms with Crippen LogP contribution in [0.3, 0.4) is 0 Å². The maximum absolute atomic E-state index is 12.2. The Morgan fingerprint density at radius 3 is 2.92 bits per heavy atom. The van der Waals surface area contributed by atoms with Crippen molar-refractivity contribution in [2.45, 2.75) is 30.4 Å². The minimum atomic E-state index is -4.77. The average molecular weight is 358 g/mol. The lowest BCUT2D eigenvalue weighted by molar-refractivity contribution is -0.274. The van der Waals surface area contributed by atoms with Gasteiger partial charge in [-0.15, -0.1) is 23.4 Å². The molecule has 1 saturated carbocycles. The molecule has 1 N–H and O–H groups in total. The van der Waals surface area contributed by atoms with E-state index in [0.29, 0.717) is 11.2 Å². The van der Waals surface area contributed by atoms with E-state index in [1.807, 2.05) is 4.57 Å². The largest absolute Gasteiger partial charge is 0.573 e. The number of thioether (sulfide) groups is 1. The zero-order chi connectivity index (χ0) is 17.2. The zero-order valence-electron chi connectivity index (χ0n) is 12.3. The number of carbonyl (C=O) groups is 1. The maximum Gasteiger partial charge on any atom is 0.573 e. The first-order valence-electron chi connectivity index (χ1n) is 7.09. The van der Waals surface area contributed by atoms with E-state index in [4.69, 9.17) is 0 Å². The number of ether oxygens (including phenoxy) is 1. The predicted octanol–water partition coefficient (Wildman–Crippen LogP) is 3.24. The molecule has 3 rings (SSSR count). The topological polar surface area (TPSA) is 69.0 Å². The van der Waals surface area contributed by atoms with Gasteiger partial charge in [0.1, 0.15) is 12.1 Å². The van der Waals surface area contributed by atoms with E-state index in [-0.39, 0.29) is 23.1 Å². The molecule has 1 fully saturated rings. The molecule has 0 saturated heterocycles. The predicted molar refractivity (Wildman–Crippen MR) is 80.8 cm³/mol. The fraction of sp³-hybridized carbons (Fsp3) is 0.357. The van der Waals surface area contributed by atoms with E-state index in [0.717, 1.165) is 25.0 Å². The van der Waals surface area contributed by atoms with Crippen LogP contribution in [0.2, 0.25) is 0 Å². The number of benzene rings is 1. The van der Waals surface area contributed by atoms with Gasteiger partial charge in [-0.1, -0.05) is 17.8 Å². The lowest BCUT2D eigenvalue weighted by Crippen LogP contribution is -2.18. The van der Waals surface area contributed by atoms with Gasteiger partial charge < -0.3 is 14.6 Å². The molecule has 0 radical (unpaired) electrons. The number of halogens is 3. The molecule has 10 heteroatoms. The van der Waals surface area contributed by atoms with Crippen LogP contribution in [-0.4, -0.2) is 32.8 Å². The molecule has 1 amide bonds. The highest BCUT2D eigenvalue weighted by molar-refractivity contribution is 7.99. The number of nitrogens with one attached hydrogen (secondary N) is 1. The third-order valence-electron chi connectivity index (χ3n) is 3.16. The monoisotopic (exact) mass is 358 g/mol. The number of hydrogen-bond acceptors (Lipinski definition) is 5. The summed E-state index contributed by atoms with van der Waals surface area (Å²) in [6.07, 6.45) is -0.991. The van der Waals surface area contributed by atoms with Crippen molar-refractivity contribution in [1.82, 2.24) is 14.8 Å². The normalized spacial score (nSPS) is 14.5. The van der Waals surface area contributed by atoms with Crippen LogP contribution in [0.1, 0.15) is 18.9 Å². The minimum absolute atomic E-state index is 0.0791. The summed E-state index contributed by atoms with van der Waals surface area (Å²) >= 11 is 1.23. The Labute approximate surface area is 139 Å². The average Bonchev–Trinajstić information content (AvgIpc) is 3.22. The van der Waals surface area contributed by atoms with Crippen LogP contribution in [0.15, 0.2) is 35.7 Å². The number of aromatic nitrogens is 3. The molecule has 1 heterocycles. The van der Waals surface area contributed by atoms with Gasteiger partial charge in [0.2, 0.25) is 5.91 Å². The molecule has 1 aliphatic rings. The minimum Gasteiger partial charge on any atom is -0.406 e. The third kappa shape index (κ3) is 4.63. The first-order chi connectivity index (χ1) is 11.4. The Morgan fingerprint density at radius 1 is 1.42 bits per heavy atom. The van der Waals surface area contributed by atoms with Crippen molar-refractivity contribution in [3.63, 3.8) is 0 Å². The number of alkyl halides is 3. The molecule has 24 heavy (non-hydrogen) atoms. The molecule has 0 atom stereocenters. The van der Waals surface area contributed by atoms with Gasteiger partial charge in [0, 0.05) is 17.8 Å². The Balaban J connectivity index is 1.55. The highest BCUT2D eigenvalue weighted by Crippen LogP contribution is 2.37. The summed E-state index contributed by atoms with van der Waals surface area (Å²) in [5, 5.41) is 11.0. The molecule has 128 valence electrons. The summed E-state index contributed by atoms with van der Waals surface area (Å²) in [5.74, 6) is -0.661. The molecule has 6 nitrogen and oxygen atoms in total. The van der Waals surface area contributed by atoms with Crippen molar-refractivity contribution in [3.8, 4) is 5.75 Å². The van der Waals surface area contributed by atoms with E-state index in [9.17, 15) is 18.0 Å². The number of rotatable bonds is 6. The van der Waals surface area contributed by atoms with Crippen LogP contribution in [0.4, 0.5) is 18.9 Å². The quantitative estimate of drug-likeness (QED) is 0.803. The summed E-state index contributed by atoms with van der Waals surface area (Å²) in [5.41, 5.74) is 0.228. The fourth-order valence-corrected chi connectivity index (χ4v) is 2.82. The molecular formula is C14H13F3N4O2S. The summed E-state index contributed by atoms with van der Waals surface area (Å²) < 4.78 is 42.3. The summed E-state index contributed by atoms with van der Waals surface area (Å²) in [7, 11) is 0. The Bertz CT molecular complexity index is 731. The van der Waals surface area contributed by atoms with Gasteiger partial charge in [-0.2, -0.15) is 0 Å². The molecule has 0 spiro atoms. The van der Waals surface area contributed by atoms with Crippen molar-refractivity contribution in [3.05, 3.63) is 30.6 Å². The highest BCUT2D eigenvalue weighted by atomic mass is 32.2. The summed E-state index contributed by atoms with van der Waals surface area (Å²) in [6.45, 7) is 0. The van der Waals surface area contributed by atoms with Crippen molar-refractivity contribution in [2.24, 2.45) is 0 Å². The fourth-order valence-electron chi connectivity index (χ4n) is 2.04. The maximum atomic E-state index is 12.2. The van der Waals surface area contributed by atoms with E-state index >= 15 is 0 Å². The molecule has 1 aromatic carbocycles. The van der Waals surface area contributed by atoms with Crippen molar-refractivity contribution >= 4 is 23.4 Å². The van der Waals surface area contributed by atoms with Gasteiger partial charge >= 0.3 is 6.36 Å². The van der Waals surface area contributed by atoms with Crippen LogP contribution in [0.5, 0.6) is 5.75 Å². The van der Waals surface area contributed by atoms with Gasteiger partial charge in [-0.3, -0.25) is 4.79 Å². The molecule has 0 bridgehead atoms. The van der Waals surface area contributed by atoms with Crippen LogP contribution < -0.4 is 10.1 Å². The second-order valence-corrected chi connectivity index (χ2v) is 6.11. The lowest BCUT2D eigenvalue weighted by atomic mass is 10.3. The molecule has 1 aliphatic carbocycles. The first kappa shape index (κ1) is 16.6. The van der Waals surface area contributed by atoms with Gasteiger partial charge in [-0.25, -0.2) is 0 Å². The molecule has 0 unspecified atom stereocenters. The summed E-state index contributed by atoms with van der Waals surface area (Å²) in [4.78, 5) is 11.9. The number of hydrogen-bond donors (Lipinski definition) is 1. The summed E-state index contributed by atoms with van der Waals surface area (Å²) in [6, 6.07) is 5.53. The molecule has 1 aromatic heterocycles. The smallest absolute Gasteiger partial charge is 0.406 e. The van der Waals surface area contributed by atoms with Crippen LogP contribution in [0, 0.1) is 0 Å². The first-order valence-corrected chi connectivity index (χ1v) is 8.07. The molecular weight excluding hydrogens is 345 g/mol. The van der Waals surface area contributed by atoms with Gasteiger partial charge in [-0.05, 0) is 25.0 Å². The number of anilines is 1. The van der Waals surface area contributed by atoms with E-state index in [2.05, 4.69) is 20.3 Å². The van der Waals surface area contributed by atoms with Crippen molar-refractivity contribution in [2.75, 3.05) is 11.1 Å². The van der Waals surface area contributed by atoms with Crippen LogP contribution in [0.25, 0.3) is 0 Å². The van der Waals surface area contributed by atoms with Crippen molar-refractivity contribution < 1.29 is 22.7 Å². The number of nitrogens with zero attached hydrogens (tertiary/aromatic N) is 3. The molecule has 2 aromatic rings. The Kier molecular flexibility index (Phi) is 4.65. The number of carbonyl (C=O) groups excluding carboxylic acids is 1. The van der Waals surface area contributed by atoms with Gasteiger partial charge in [0.15, 0.2) is 5.16 Å². The second-order valence-electron chi connectivity index (χ2n) is 5.16. The van der Waals surface area contributed by atoms with E-state index in [1.165, 1.54) is 23.9 Å². The Morgan fingerprint density at radius 2 is 2.21 bits per heavy atom. The van der Waals surface area contributed by atoms with Crippen LogP contribution in [-0.2, 0) is 4.79 Å². The van der Waals surface area contributed by atoms with Gasteiger partial charge in [0.05, 0.1) is 5.75 Å². The SMILES string of the molecule is O=C(CSc1nncn1C1CC1)Nc1cccc(OC(F)(F)F)c1. The zero-order valence-corrected chi connectivity index (χ0v) is 13.1. The molecule has 0 aliphatic heterocycles. The third-order valence-corrected chi connectivity index (χ3v) is 4.12. The highest BCUT2D eigenvalue weighted by Gasteiger charge is 2.31. The Hall–Kier alpha value is -2.23. The second kappa shape index (κ2) is 6.71. The van der Waals surface area contributed by atoms with E-state index in [1.54, 1.807) is 6.33 Å². The van der Waals surface area contributed by atoms with E-state index < -0.39 is 6.36 Å². The van der Waals surface area contributed by atoms with Crippen LogP contribution >= 0.6 is 11.8 Å². The number of amides is 1. The van der Waals surface area contributed by atoms with Gasteiger partial charge in [0.25, 0.3) is 0 Å². The lowest BCUT2D eigenvalue weighted by Gasteiger charge is -2.10.